The van der Waals surface area contributed by atoms with Gasteiger partial charge in [0.1, 0.15) is 29.1 Å². The number of nitrogens with one attached hydrogen (secondary N) is 1. The van der Waals surface area contributed by atoms with Crippen molar-refractivity contribution in [2.45, 2.75) is 38.4 Å². The number of aromatic nitrogens is 2. The molecular weight excluding hydrogens is 459 g/mol. The highest BCUT2D eigenvalue weighted by Gasteiger charge is 2.39. The molecule has 0 spiro atoms. The maximum Gasteiger partial charge on any atom is 0.408 e. The zero-order valence-electron chi connectivity index (χ0n) is 18.1. The molecule has 1 aliphatic heterocycles. The van der Waals surface area contributed by atoms with E-state index >= 15 is 0 Å². The van der Waals surface area contributed by atoms with Crippen molar-refractivity contribution in [2.24, 2.45) is 0 Å². The highest BCUT2D eigenvalue weighted by Crippen LogP contribution is 2.25. The molecule has 0 aliphatic carbocycles. The molecule has 1 N–H and O–H groups in total. The summed E-state index contributed by atoms with van der Waals surface area (Å²) in [7, 11) is 0. The summed E-state index contributed by atoms with van der Waals surface area (Å²) >= 11 is 0. The van der Waals surface area contributed by atoms with Crippen LogP contribution >= 0.6 is 0 Å². The summed E-state index contributed by atoms with van der Waals surface area (Å²) in [4.78, 5) is 32.3. The number of amides is 1. The maximum atomic E-state index is 14.7. The Morgan fingerprint density at radius 2 is 1.85 bits per heavy atom. The van der Waals surface area contributed by atoms with Crippen molar-refractivity contribution in [3.8, 4) is 5.69 Å². The van der Waals surface area contributed by atoms with Crippen LogP contribution in [0.15, 0.2) is 41.3 Å². The lowest BCUT2D eigenvalue weighted by Crippen LogP contribution is -2.46. The number of hydrogen-bond donors (Lipinski definition) is 1. The molecule has 1 aliphatic rings. The molecule has 2 aromatic heterocycles. The van der Waals surface area contributed by atoms with Gasteiger partial charge in [-0.25, -0.2) is 13.8 Å². The maximum absolute atomic E-state index is 14.7. The summed E-state index contributed by atoms with van der Waals surface area (Å²) in [6, 6.07) is 3.54. The minimum absolute atomic E-state index is 0.000629. The molecule has 180 valence electrons. The minimum Gasteiger partial charge on any atom is -0.357 e. The predicted molar refractivity (Wildman–Crippen MR) is 116 cm³/mol. The number of pyridine rings is 2. The van der Waals surface area contributed by atoms with E-state index in [-0.39, 0.29) is 16.7 Å². The first-order valence-electron chi connectivity index (χ1n) is 10.7. The van der Waals surface area contributed by atoms with E-state index < -0.39 is 47.2 Å². The number of benzene rings is 1. The summed E-state index contributed by atoms with van der Waals surface area (Å²) in [6.07, 6.45) is -2.30. The Balaban J connectivity index is 1.91. The number of fused-ring (bicyclic) bond motifs is 1. The van der Waals surface area contributed by atoms with Gasteiger partial charge in [0, 0.05) is 25.4 Å². The van der Waals surface area contributed by atoms with E-state index in [0.29, 0.717) is 11.9 Å². The standard InChI is InChI=1S/C23H21F5N4O2/c1-2-18(23(26,27)28)29-22(34)15-12-32(17-7-5-13(24)11-16(17)25)21-14(20(15)33)6-8-19(30-21)31-9-3-4-10-31/h5-8,11-12,18H,2-4,9-10H2,1H3,(H,29,34)/t18-/m1/s1. The lowest BCUT2D eigenvalue weighted by molar-refractivity contribution is -0.153. The summed E-state index contributed by atoms with van der Waals surface area (Å²) < 4.78 is 68.8. The van der Waals surface area contributed by atoms with Crippen molar-refractivity contribution < 1.29 is 26.7 Å². The van der Waals surface area contributed by atoms with E-state index in [1.807, 2.05) is 10.2 Å². The van der Waals surface area contributed by atoms with Gasteiger partial charge in [0.15, 0.2) is 5.65 Å². The van der Waals surface area contributed by atoms with Gasteiger partial charge in [-0.2, -0.15) is 13.2 Å². The molecule has 6 nitrogen and oxygen atoms in total. The average Bonchev–Trinajstić information content (AvgIpc) is 3.32. The van der Waals surface area contributed by atoms with Crippen molar-refractivity contribution in [1.29, 1.82) is 0 Å². The normalized spacial score (nSPS) is 15.1. The SMILES string of the molecule is CC[C@@H](NC(=O)c1cn(-c2ccc(F)cc2F)c2nc(N3CCCC3)ccc2c1=O)C(F)(F)F. The number of alkyl halides is 3. The minimum atomic E-state index is -4.71. The Morgan fingerprint density at radius 1 is 1.15 bits per heavy atom. The molecule has 0 radical (unpaired) electrons. The van der Waals surface area contributed by atoms with Crippen molar-refractivity contribution >= 4 is 22.8 Å². The van der Waals surface area contributed by atoms with Crippen LogP contribution in [-0.4, -0.2) is 40.8 Å². The van der Waals surface area contributed by atoms with Gasteiger partial charge >= 0.3 is 6.18 Å². The summed E-state index contributed by atoms with van der Waals surface area (Å²) in [5, 5.41) is 1.74. The summed E-state index contributed by atoms with van der Waals surface area (Å²) in [5.74, 6) is -2.56. The Morgan fingerprint density at radius 3 is 2.47 bits per heavy atom. The van der Waals surface area contributed by atoms with Crippen LogP contribution in [0.3, 0.4) is 0 Å². The van der Waals surface area contributed by atoms with Crippen LogP contribution < -0.4 is 15.6 Å². The van der Waals surface area contributed by atoms with Crippen molar-refractivity contribution in [3.05, 3.63) is 63.9 Å². The zero-order chi connectivity index (χ0) is 24.6. The van der Waals surface area contributed by atoms with Gasteiger partial charge in [0.05, 0.1) is 11.1 Å². The van der Waals surface area contributed by atoms with Crippen LogP contribution in [0.4, 0.5) is 27.8 Å². The van der Waals surface area contributed by atoms with E-state index in [4.69, 9.17) is 0 Å². The predicted octanol–water partition coefficient (Wildman–Crippen LogP) is 4.33. The molecule has 0 saturated carbocycles. The highest BCUT2D eigenvalue weighted by atomic mass is 19.4. The van der Waals surface area contributed by atoms with Crippen molar-refractivity contribution in [1.82, 2.24) is 14.9 Å². The van der Waals surface area contributed by atoms with Gasteiger partial charge in [0.25, 0.3) is 5.91 Å². The van der Waals surface area contributed by atoms with Gasteiger partial charge in [-0.15, -0.1) is 0 Å². The third-order valence-corrected chi connectivity index (χ3v) is 5.79. The summed E-state index contributed by atoms with van der Waals surface area (Å²) in [5.41, 5.74) is -1.67. The molecule has 1 saturated heterocycles. The van der Waals surface area contributed by atoms with Gasteiger partial charge in [-0.3, -0.25) is 14.2 Å². The molecule has 0 unspecified atom stereocenters. The molecule has 1 fully saturated rings. The van der Waals surface area contributed by atoms with Crippen LogP contribution in [0.25, 0.3) is 16.7 Å². The van der Waals surface area contributed by atoms with Crippen LogP contribution in [0.2, 0.25) is 0 Å². The molecule has 34 heavy (non-hydrogen) atoms. The molecule has 1 amide bonds. The molecule has 3 heterocycles. The second kappa shape index (κ2) is 9.03. The molecule has 4 rings (SSSR count). The Bertz CT molecular complexity index is 1300. The lowest BCUT2D eigenvalue weighted by Gasteiger charge is -2.21. The average molecular weight is 480 g/mol. The quantitative estimate of drug-likeness (QED) is 0.552. The third kappa shape index (κ3) is 4.46. The first-order chi connectivity index (χ1) is 16.1. The number of rotatable bonds is 5. The molecule has 1 atom stereocenters. The monoisotopic (exact) mass is 480 g/mol. The Labute approximate surface area is 191 Å². The van der Waals surface area contributed by atoms with Gasteiger partial charge in [-0.1, -0.05) is 6.92 Å². The Kier molecular flexibility index (Phi) is 6.28. The fraction of sp³-hybridized carbons (Fsp3) is 0.348. The van der Waals surface area contributed by atoms with Crippen LogP contribution in [0, 0.1) is 11.6 Å². The molecule has 1 aromatic carbocycles. The second-order valence-electron chi connectivity index (χ2n) is 8.05. The van der Waals surface area contributed by atoms with E-state index in [0.717, 1.165) is 48.8 Å². The zero-order valence-corrected chi connectivity index (χ0v) is 18.1. The molecule has 11 heteroatoms. The van der Waals surface area contributed by atoms with E-state index in [9.17, 15) is 31.5 Å². The van der Waals surface area contributed by atoms with Crippen LogP contribution in [0.5, 0.6) is 0 Å². The number of carbonyl (C=O) groups is 1. The number of anilines is 1. The number of carbonyl (C=O) groups excluding carboxylic acids is 1. The first kappa shape index (κ1) is 23.7. The van der Waals surface area contributed by atoms with Crippen LogP contribution in [-0.2, 0) is 0 Å². The van der Waals surface area contributed by atoms with E-state index in [2.05, 4.69) is 4.98 Å². The van der Waals surface area contributed by atoms with Gasteiger partial charge in [0.2, 0.25) is 5.43 Å². The highest BCUT2D eigenvalue weighted by molar-refractivity contribution is 5.97. The fourth-order valence-corrected chi connectivity index (χ4v) is 3.99. The number of halogens is 5. The second-order valence-corrected chi connectivity index (χ2v) is 8.05. The van der Waals surface area contributed by atoms with Crippen molar-refractivity contribution in [3.63, 3.8) is 0 Å². The Hall–Kier alpha value is -3.50. The number of hydrogen-bond acceptors (Lipinski definition) is 4. The summed E-state index contributed by atoms with van der Waals surface area (Å²) in [6.45, 7) is 2.72. The van der Waals surface area contributed by atoms with E-state index in [1.54, 1.807) is 6.07 Å². The first-order valence-corrected chi connectivity index (χ1v) is 10.7. The molecule has 3 aromatic rings. The number of nitrogens with zero attached hydrogens (tertiary/aromatic N) is 3. The fourth-order valence-electron chi connectivity index (χ4n) is 3.99. The largest absolute Gasteiger partial charge is 0.408 e. The van der Waals surface area contributed by atoms with E-state index in [1.165, 1.54) is 13.0 Å². The van der Waals surface area contributed by atoms with Gasteiger partial charge < -0.3 is 10.2 Å². The van der Waals surface area contributed by atoms with Crippen molar-refractivity contribution in [2.75, 3.05) is 18.0 Å². The smallest absolute Gasteiger partial charge is 0.357 e. The third-order valence-electron chi connectivity index (χ3n) is 5.79. The topological polar surface area (TPSA) is 67.2 Å². The van der Waals surface area contributed by atoms with Gasteiger partial charge in [-0.05, 0) is 43.5 Å². The molecule has 0 bridgehead atoms. The van der Waals surface area contributed by atoms with Crippen LogP contribution in [0.1, 0.15) is 36.5 Å². The lowest BCUT2D eigenvalue weighted by atomic mass is 10.1. The molecular formula is C23H21F5N4O2.